The van der Waals surface area contributed by atoms with Gasteiger partial charge in [0.15, 0.2) is 9.84 Å². The summed E-state index contributed by atoms with van der Waals surface area (Å²) in [5, 5.41) is 2.42. The lowest BCUT2D eigenvalue weighted by Crippen LogP contribution is -2.58. The number of nitrogens with zero attached hydrogens (tertiary/aromatic N) is 2. The van der Waals surface area contributed by atoms with Crippen LogP contribution in [-0.2, 0) is 81.1 Å². The zero-order valence-electron chi connectivity index (χ0n) is 52.1. The lowest BCUT2D eigenvalue weighted by Gasteiger charge is -2.52. The maximum atomic E-state index is 13.3. The number of ether oxygens (including phenoxy) is 8. The Bertz CT molecular complexity index is 3890. The van der Waals surface area contributed by atoms with Gasteiger partial charge in [0, 0.05) is 115 Å². The second-order valence-corrected chi connectivity index (χ2v) is 27.9. The van der Waals surface area contributed by atoms with Gasteiger partial charge in [0.25, 0.3) is 0 Å². The number of hydrogen-bond donors (Lipinski definition) is 2. The van der Waals surface area contributed by atoms with E-state index in [0.717, 1.165) is 96.7 Å². The fourth-order valence-electron chi connectivity index (χ4n) is 15.6. The molecule has 4 aliphatic heterocycles. The SMILES string of the molecule is COC(=O)[C@H]1[C@H]2C[C@@H]3c4[nH]c5cc(OC)ccc5c4CCN3C[C@H]2C[C@@H](OC(=O)/C=C/c2ccc(C)c(S(C)(=O)=O)c2)[C@@H]1OC.COC(=O)[C@H]1[C@H]2C[C@@H]3c4[nH]c5cc(OC)ccc5c4CCN3C[C@H]2C[C@@H](OC(=O)/C=C/c2ccc(C)c(S(C)=O)c2)[C@@H]1OC. The topological polar surface area (TPSA) is 231 Å². The van der Waals surface area contributed by atoms with Crippen LogP contribution in [0, 0.1) is 49.4 Å². The Hall–Kier alpha value is -7.14. The van der Waals surface area contributed by atoms with E-state index in [9.17, 15) is 31.8 Å². The lowest BCUT2D eigenvalue weighted by molar-refractivity contribution is -0.187. The monoisotopic (exact) mass is 1260 g/mol. The average Bonchev–Trinajstić information content (AvgIpc) is 2.38. The minimum absolute atomic E-state index is 0.00642. The number of fused-ring (bicyclic) bond motifs is 12. The van der Waals surface area contributed by atoms with Gasteiger partial charge < -0.3 is 47.9 Å². The van der Waals surface area contributed by atoms with Crippen LogP contribution in [0.15, 0.2) is 94.7 Å². The number of carbonyl (C=O) groups excluding carboxylic acids is 4. The summed E-state index contributed by atoms with van der Waals surface area (Å²) < 4.78 is 81.6. The number of esters is 4. The van der Waals surface area contributed by atoms with Crippen LogP contribution in [0.2, 0.25) is 0 Å². The minimum atomic E-state index is -3.41. The molecule has 6 aliphatic rings. The Labute approximate surface area is 522 Å². The molecule has 89 heavy (non-hydrogen) atoms. The summed E-state index contributed by atoms with van der Waals surface area (Å²) >= 11 is 0. The van der Waals surface area contributed by atoms with Crippen LogP contribution in [0.25, 0.3) is 34.0 Å². The highest BCUT2D eigenvalue weighted by molar-refractivity contribution is 7.90. The van der Waals surface area contributed by atoms with Crippen molar-refractivity contribution in [3.05, 3.63) is 130 Å². The third kappa shape index (κ3) is 12.7. The van der Waals surface area contributed by atoms with E-state index in [1.54, 1.807) is 52.7 Å². The fourth-order valence-corrected chi connectivity index (χ4v) is 17.4. The standard InChI is InChI=1S/C34H40N2O8S.C34H40N2O7S/c1-19-6-7-20(14-29(19)45(5,39)40)8-11-30(37)44-28-15-21-18-36-13-12-24-23-10-9-22(41-2)16-26(23)35-32(24)27(36)17-25(21)31(33(28)42-3)34(38)43-4;1-19-6-7-20(14-29(19)44(5)39)8-11-30(37)43-28-15-21-18-36-13-12-24-23-10-9-22(40-2)16-26(23)35-32(24)27(36)17-25(21)31(33(28)41-3)34(38)42-4/h6-11,14,16,21,25,27-28,31,33,35H,12-13,15,17-18H2,1-5H3;6-11,14,16,21,25,27-28,31,33,35H,12-13,15,17-18H2,1-5H3/b2*11-8+/t21-,25+,27-,28-,31+,33+;21-,25+,27-,28-,31+,33+,44?/m11/s1. The molecule has 0 bridgehead atoms. The molecule has 4 aromatic carbocycles. The first-order valence-electron chi connectivity index (χ1n) is 30.3. The van der Waals surface area contributed by atoms with Crippen molar-refractivity contribution in [1.29, 1.82) is 0 Å². The van der Waals surface area contributed by atoms with Gasteiger partial charge in [0.2, 0.25) is 0 Å². The molecule has 0 radical (unpaired) electrons. The summed E-state index contributed by atoms with van der Waals surface area (Å²) in [7, 11) is 4.68. The number of sulfone groups is 1. The van der Waals surface area contributed by atoms with Gasteiger partial charge in [-0.15, -0.1) is 0 Å². The predicted molar refractivity (Wildman–Crippen MR) is 336 cm³/mol. The molecule has 4 fully saturated rings. The first kappa shape index (κ1) is 63.4. The summed E-state index contributed by atoms with van der Waals surface area (Å²) in [5.74, 6) is -1.15. The summed E-state index contributed by atoms with van der Waals surface area (Å²) in [6, 6.07) is 23.1. The lowest BCUT2D eigenvalue weighted by atomic mass is 9.63. The van der Waals surface area contributed by atoms with E-state index in [4.69, 9.17) is 37.9 Å². The van der Waals surface area contributed by atoms with E-state index in [1.807, 2.05) is 49.4 Å². The van der Waals surface area contributed by atoms with Crippen molar-refractivity contribution in [2.45, 2.75) is 98.7 Å². The summed E-state index contributed by atoms with van der Waals surface area (Å²) in [4.78, 5) is 66.1. The van der Waals surface area contributed by atoms with E-state index in [-0.39, 0.29) is 52.6 Å². The van der Waals surface area contributed by atoms with Crippen LogP contribution in [0.3, 0.4) is 0 Å². The molecule has 13 atom stereocenters. The maximum Gasteiger partial charge on any atom is 0.331 e. The van der Waals surface area contributed by atoms with E-state index >= 15 is 0 Å². The number of piperidine rings is 2. The number of H-pyrrole nitrogens is 2. The van der Waals surface area contributed by atoms with E-state index in [2.05, 4.69) is 31.9 Å². The largest absolute Gasteiger partial charge is 0.497 e. The molecule has 2 saturated heterocycles. The van der Waals surface area contributed by atoms with Gasteiger partial charge in [-0.2, -0.15) is 0 Å². The van der Waals surface area contributed by atoms with Crippen LogP contribution < -0.4 is 9.47 Å². The molecule has 6 aromatic rings. The Kier molecular flexibility index (Phi) is 18.8. The molecule has 0 amide bonds. The molecular weight excluding hydrogens is 1180 g/mol. The molecule has 2 aliphatic carbocycles. The van der Waals surface area contributed by atoms with Gasteiger partial charge >= 0.3 is 23.9 Å². The van der Waals surface area contributed by atoms with Gasteiger partial charge in [-0.3, -0.25) is 23.6 Å². The van der Waals surface area contributed by atoms with Crippen LogP contribution in [0.1, 0.15) is 82.5 Å². The molecule has 474 valence electrons. The van der Waals surface area contributed by atoms with Gasteiger partial charge in [0.1, 0.15) is 35.9 Å². The highest BCUT2D eigenvalue weighted by atomic mass is 32.2. The average molecular weight is 1260 g/mol. The molecule has 19 nitrogen and oxygen atoms in total. The van der Waals surface area contributed by atoms with Crippen molar-refractivity contribution < 1.29 is 69.7 Å². The van der Waals surface area contributed by atoms with E-state index in [0.29, 0.717) is 24.0 Å². The first-order chi connectivity index (χ1) is 42.7. The molecule has 2 N–H and O–H groups in total. The minimum Gasteiger partial charge on any atom is -0.497 e. The molecule has 1 unspecified atom stereocenters. The number of aromatic nitrogens is 2. The fraction of sp³-hybridized carbons (Fsp3) is 0.471. The van der Waals surface area contributed by atoms with Crippen LogP contribution in [0.5, 0.6) is 11.5 Å². The van der Waals surface area contributed by atoms with Gasteiger partial charge in [0.05, 0.1) is 68.1 Å². The quantitative estimate of drug-likeness (QED) is 0.0589. The van der Waals surface area contributed by atoms with E-state index in [1.165, 1.54) is 78.9 Å². The first-order valence-corrected chi connectivity index (χ1v) is 33.8. The number of aromatic amines is 2. The third-order valence-corrected chi connectivity index (χ3v) is 22.0. The molecule has 12 rings (SSSR count). The normalized spacial score (nSPS) is 26.9. The molecule has 0 spiro atoms. The smallest absolute Gasteiger partial charge is 0.331 e. The Morgan fingerprint density at radius 2 is 1.04 bits per heavy atom. The van der Waals surface area contributed by atoms with Crippen molar-refractivity contribution in [1.82, 2.24) is 19.8 Å². The van der Waals surface area contributed by atoms with Crippen molar-refractivity contribution in [2.75, 3.05) is 81.3 Å². The Morgan fingerprint density at radius 1 is 0.596 bits per heavy atom. The maximum absolute atomic E-state index is 13.3. The van der Waals surface area contributed by atoms with Crippen molar-refractivity contribution in [2.24, 2.45) is 35.5 Å². The highest BCUT2D eigenvalue weighted by Crippen LogP contribution is 2.53. The zero-order chi connectivity index (χ0) is 63.2. The Morgan fingerprint density at radius 3 is 1.46 bits per heavy atom. The molecule has 21 heteroatoms. The Balaban J connectivity index is 0.000000184. The number of rotatable bonds is 14. The third-order valence-electron chi connectivity index (χ3n) is 19.7. The van der Waals surface area contributed by atoms with Crippen LogP contribution in [-0.4, -0.2) is 162 Å². The molecule has 2 aromatic heterocycles. The predicted octanol–water partition coefficient (Wildman–Crippen LogP) is 8.85. The van der Waals surface area contributed by atoms with Gasteiger partial charge in [-0.25, -0.2) is 18.0 Å². The number of carbonyl (C=O) groups is 4. The summed E-state index contributed by atoms with van der Waals surface area (Å²) in [6.45, 7) is 7.01. The molecule has 2 saturated carbocycles. The molecular formula is C68H80N4O15S2. The van der Waals surface area contributed by atoms with E-state index < -0.39 is 68.8 Å². The summed E-state index contributed by atoms with van der Waals surface area (Å²) in [5.41, 5.74) is 10.0. The molecule has 6 heterocycles. The number of aryl methyl sites for hydroxylation is 2. The van der Waals surface area contributed by atoms with Crippen LogP contribution >= 0.6 is 0 Å². The second-order valence-electron chi connectivity index (χ2n) is 24.6. The van der Waals surface area contributed by atoms with Crippen molar-refractivity contribution in [3.8, 4) is 11.5 Å². The van der Waals surface area contributed by atoms with Crippen molar-refractivity contribution >= 4 is 78.5 Å². The number of hydrogen-bond acceptors (Lipinski definition) is 17. The van der Waals surface area contributed by atoms with Gasteiger partial charge in [-0.05, 0) is 158 Å². The number of methoxy groups -OCH3 is 6. The number of nitrogens with one attached hydrogen (secondary N) is 2. The zero-order valence-corrected chi connectivity index (χ0v) is 53.7. The second kappa shape index (κ2) is 26.4. The highest BCUT2D eigenvalue weighted by Gasteiger charge is 2.56. The van der Waals surface area contributed by atoms with Gasteiger partial charge in [-0.1, -0.05) is 24.3 Å². The van der Waals surface area contributed by atoms with Crippen LogP contribution in [0.4, 0.5) is 0 Å². The number of benzene rings is 4. The summed E-state index contributed by atoms with van der Waals surface area (Å²) in [6.07, 6.45) is 10.6. The van der Waals surface area contributed by atoms with Crippen molar-refractivity contribution in [3.63, 3.8) is 0 Å².